The van der Waals surface area contributed by atoms with E-state index in [0.29, 0.717) is 0 Å². The summed E-state index contributed by atoms with van der Waals surface area (Å²) in [5, 5.41) is 8.15. The topological polar surface area (TPSA) is 9.23 Å². The summed E-state index contributed by atoms with van der Waals surface area (Å²) >= 11 is 0. The first kappa shape index (κ1) is 20.6. The van der Waals surface area contributed by atoms with Gasteiger partial charge in [-0.05, 0) is 104 Å². The maximum absolute atomic E-state index is 5.31. The monoisotopic (exact) mass is 418 g/mol. The van der Waals surface area contributed by atoms with E-state index in [1.807, 2.05) is 12.1 Å². The second-order valence-corrected chi connectivity index (χ2v) is 9.99. The van der Waals surface area contributed by atoms with E-state index in [9.17, 15) is 0 Å². The number of benzene rings is 5. The van der Waals surface area contributed by atoms with Crippen molar-refractivity contribution in [1.82, 2.24) is 0 Å². The molecule has 0 aliphatic rings. The van der Waals surface area contributed by atoms with Gasteiger partial charge in [0, 0.05) is 0 Å². The summed E-state index contributed by atoms with van der Waals surface area (Å²) in [6.07, 6.45) is 4.47. The summed E-state index contributed by atoms with van der Waals surface area (Å²) in [6, 6.07) is 22.3. The van der Waals surface area contributed by atoms with Crippen LogP contribution < -0.4 is 4.74 Å². The Bertz CT molecular complexity index is 1480. The average Bonchev–Trinajstić information content (AvgIpc) is 2.77. The molecule has 0 heterocycles. The van der Waals surface area contributed by atoms with Gasteiger partial charge >= 0.3 is 0 Å². The summed E-state index contributed by atoms with van der Waals surface area (Å²) in [7, 11) is 1.70. The Labute approximate surface area is 190 Å². The maximum atomic E-state index is 5.31. The molecule has 0 radical (unpaired) electrons. The van der Waals surface area contributed by atoms with Crippen LogP contribution in [-0.2, 0) is 5.41 Å². The number of hydrogen-bond acceptors (Lipinski definition) is 1. The van der Waals surface area contributed by atoms with E-state index in [1.54, 1.807) is 7.11 Å². The summed E-state index contributed by atoms with van der Waals surface area (Å²) < 4.78 is 5.31. The lowest BCUT2D eigenvalue weighted by Crippen LogP contribution is -2.11. The highest BCUT2D eigenvalue weighted by Crippen LogP contribution is 2.41. The SMILES string of the molecule is COc1ccc(/C=C/c2cc3c(C)cc(C)c4ccc5cc(C(C)(C)C)cc2c5c43)cc1. The molecule has 0 fully saturated rings. The highest BCUT2D eigenvalue weighted by molar-refractivity contribution is 6.26. The fraction of sp³-hybridized carbons (Fsp3) is 0.226. The smallest absolute Gasteiger partial charge is 0.118 e. The minimum absolute atomic E-state index is 0.0905. The molecule has 0 saturated heterocycles. The number of ether oxygens (including phenoxy) is 1. The Hall–Kier alpha value is -3.32. The third kappa shape index (κ3) is 3.33. The Morgan fingerprint density at radius 1 is 0.688 bits per heavy atom. The van der Waals surface area contributed by atoms with Crippen molar-refractivity contribution < 1.29 is 4.74 Å². The van der Waals surface area contributed by atoms with Crippen molar-refractivity contribution in [2.75, 3.05) is 7.11 Å². The fourth-order valence-corrected chi connectivity index (χ4v) is 4.87. The molecule has 160 valence electrons. The molecule has 5 aromatic carbocycles. The molecule has 0 atom stereocenters. The Morgan fingerprint density at radius 3 is 2.09 bits per heavy atom. The molecule has 0 saturated carbocycles. The second kappa shape index (κ2) is 7.38. The van der Waals surface area contributed by atoms with E-state index in [1.165, 1.54) is 60.1 Å². The van der Waals surface area contributed by atoms with Crippen LogP contribution in [-0.4, -0.2) is 7.11 Å². The summed E-state index contributed by atoms with van der Waals surface area (Å²) in [4.78, 5) is 0. The van der Waals surface area contributed by atoms with Crippen molar-refractivity contribution in [3.05, 3.63) is 88.5 Å². The van der Waals surface area contributed by atoms with Gasteiger partial charge in [-0.25, -0.2) is 0 Å². The van der Waals surface area contributed by atoms with Gasteiger partial charge in [-0.2, -0.15) is 0 Å². The zero-order chi connectivity index (χ0) is 22.6. The van der Waals surface area contributed by atoms with Gasteiger partial charge in [0.05, 0.1) is 7.11 Å². The molecule has 0 aliphatic heterocycles. The van der Waals surface area contributed by atoms with Gasteiger partial charge in [-0.3, -0.25) is 0 Å². The molecule has 5 rings (SSSR count). The van der Waals surface area contributed by atoms with Gasteiger partial charge in [-0.1, -0.05) is 69.3 Å². The molecule has 0 unspecified atom stereocenters. The molecule has 0 spiro atoms. The molecule has 0 amide bonds. The standard InChI is InChI=1S/C31H30O/c1-19-15-20(2)27-17-22(10-7-21-8-12-25(32-6)13-9-21)28-18-24(31(3,4)5)16-23-11-14-26(19)30(27)29(23)28/h7-18H,1-6H3/b10-7+. The lowest BCUT2D eigenvalue weighted by Gasteiger charge is -2.23. The van der Waals surface area contributed by atoms with Gasteiger partial charge in [0.1, 0.15) is 5.75 Å². The minimum Gasteiger partial charge on any atom is -0.497 e. The lowest BCUT2D eigenvalue weighted by atomic mass is 9.81. The fourth-order valence-electron chi connectivity index (χ4n) is 4.87. The number of rotatable bonds is 3. The van der Waals surface area contributed by atoms with Gasteiger partial charge in [0.2, 0.25) is 0 Å². The van der Waals surface area contributed by atoms with E-state index in [2.05, 4.69) is 95.3 Å². The van der Waals surface area contributed by atoms with Crippen molar-refractivity contribution in [1.29, 1.82) is 0 Å². The Kier molecular flexibility index (Phi) is 4.74. The van der Waals surface area contributed by atoms with E-state index in [4.69, 9.17) is 4.74 Å². The number of methoxy groups -OCH3 is 1. The zero-order valence-corrected chi connectivity index (χ0v) is 19.8. The first-order valence-corrected chi connectivity index (χ1v) is 11.3. The van der Waals surface area contributed by atoms with Crippen LogP contribution >= 0.6 is 0 Å². The zero-order valence-electron chi connectivity index (χ0n) is 19.8. The Balaban J connectivity index is 1.83. The van der Waals surface area contributed by atoms with Crippen LogP contribution in [0.25, 0.3) is 44.5 Å². The quantitative estimate of drug-likeness (QED) is 0.210. The predicted octanol–water partition coefficient (Wildman–Crippen LogP) is 8.68. The van der Waals surface area contributed by atoms with E-state index < -0.39 is 0 Å². The molecular formula is C31H30O. The first-order valence-electron chi connectivity index (χ1n) is 11.3. The number of hydrogen-bond donors (Lipinski definition) is 0. The first-order chi connectivity index (χ1) is 15.3. The third-order valence-electron chi connectivity index (χ3n) is 6.72. The highest BCUT2D eigenvalue weighted by atomic mass is 16.5. The summed E-state index contributed by atoms with van der Waals surface area (Å²) in [6.45, 7) is 11.3. The highest BCUT2D eigenvalue weighted by Gasteiger charge is 2.19. The van der Waals surface area contributed by atoms with Crippen molar-refractivity contribution in [2.45, 2.75) is 40.0 Å². The van der Waals surface area contributed by atoms with Gasteiger partial charge in [-0.15, -0.1) is 0 Å². The molecule has 1 nitrogen and oxygen atoms in total. The van der Waals surface area contributed by atoms with Crippen LogP contribution in [0.5, 0.6) is 5.75 Å². The van der Waals surface area contributed by atoms with Crippen molar-refractivity contribution in [2.24, 2.45) is 0 Å². The van der Waals surface area contributed by atoms with Crippen LogP contribution in [0.2, 0.25) is 0 Å². The Morgan fingerprint density at radius 2 is 1.41 bits per heavy atom. The molecule has 0 aliphatic carbocycles. The molecule has 0 aromatic heterocycles. The van der Waals surface area contributed by atoms with Crippen LogP contribution in [0.1, 0.15) is 48.6 Å². The average molecular weight is 419 g/mol. The largest absolute Gasteiger partial charge is 0.497 e. The van der Waals surface area contributed by atoms with Crippen molar-refractivity contribution in [3.63, 3.8) is 0 Å². The van der Waals surface area contributed by atoms with Gasteiger partial charge < -0.3 is 4.74 Å². The van der Waals surface area contributed by atoms with Crippen molar-refractivity contribution >= 4 is 44.5 Å². The van der Waals surface area contributed by atoms with E-state index in [0.717, 1.165) is 5.75 Å². The summed E-state index contributed by atoms with van der Waals surface area (Å²) in [5.74, 6) is 0.880. The second-order valence-electron chi connectivity index (χ2n) is 9.99. The van der Waals surface area contributed by atoms with Gasteiger partial charge in [0.25, 0.3) is 0 Å². The minimum atomic E-state index is 0.0905. The normalized spacial score (nSPS) is 12.6. The predicted molar refractivity (Wildman–Crippen MR) is 140 cm³/mol. The van der Waals surface area contributed by atoms with Crippen LogP contribution in [0.15, 0.2) is 60.7 Å². The van der Waals surface area contributed by atoms with Crippen molar-refractivity contribution in [3.8, 4) is 5.75 Å². The van der Waals surface area contributed by atoms with E-state index >= 15 is 0 Å². The van der Waals surface area contributed by atoms with Crippen LogP contribution in [0, 0.1) is 13.8 Å². The molecular weight excluding hydrogens is 388 g/mol. The molecule has 1 heteroatoms. The molecule has 32 heavy (non-hydrogen) atoms. The maximum Gasteiger partial charge on any atom is 0.118 e. The van der Waals surface area contributed by atoms with E-state index in [-0.39, 0.29) is 5.41 Å². The van der Waals surface area contributed by atoms with Gasteiger partial charge in [0.15, 0.2) is 0 Å². The lowest BCUT2D eigenvalue weighted by molar-refractivity contribution is 0.415. The number of aryl methyl sites for hydroxylation is 2. The van der Waals surface area contributed by atoms with Crippen LogP contribution in [0.4, 0.5) is 0 Å². The third-order valence-corrected chi connectivity index (χ3v) is 6.72. The molecule has 0 N–H and O–H groups in total. The van der Waals surface area contributed by atoms with Crippen LogP contribution in [0.3, 0.4) is 0 Å². The summed E-state index contributed by atoms with van der Waals surface area (Å²) in [5.41, 5.74) is 6.58. The molecule has 0 bridgehead atoms. The molecule has 5 aromatic rings.